The molecular formula is C17H19F3N8. The molecule has 1 aliphatic rings. The third kappa shape index (κ3) is 3.82. The molecule has 0 aromatic carbocycles. The SMILES string of the molecule is Cc1cc(C)n2nc(/C=C/c3nc(N4CCCC4)nn3CC(F)(F)F)nc2n1. The lowest BCUT2D eigenvalue weighted by atomic mass is 10.4. The summed E-state index contributed by atoms with van der Waals surface area (Å²) in [5.74, 6) is 1.20. The van der Waals surface area contributed by atoms with Crippen molar-refractivity contribution < 1.29 is 13.2 Å². The van der Waals surface area contributed by atoms with Gasteiger partial charge in [-0.3, -0.25) is 0 Å². The Labute approximate surface area is 158 Å². The predicted octanol–water partition coefficient (Wildman–Crippen LogP) is 2.67. The molecule has 148 valence electrons. The van der Waals surface area contributed by atoms with Crippen LogP contribution in [0.5, 0.6) is 0 Å². The van der Waals surface area contributed by atoms with E-state index in [-0.39, 0.29) is 5.82 Å². The lowest BCUT2D eigenvalue weighted by Gasteiger charge is -2.11. The van der Waals surface area contributed by atoms with Gasteiger partial charge in [0.1, 0.15) is 6.54 Å². The normalized spacial score (nSPS) is 15.4. The second-order valence-electron chi connectivity index (χ2n) is 6.79. The summed E-state index contributed by atoms with van der Waals surface area (Å²) in [6, 6.07) is 1.87. The van der Waals surface area contributed by atoms with Gasteiger partial charge < -0.3 is 4.90 Å². The van der Waals surface area contributed by atoms with E-state index in [4.69, 9.17) is 0 Å². The minimum Gasteiger partial charge on any atom is -0.340 e. The van der Waals surface area contributed by atoms with Gasteiger partial charge >= 0.3 is 6.18 Å². The van der Waals surface area contributed by atoms with Gasteiger partial charge in [0.15, 0.2) is 11.6 Å². The van der Waals surface area contributed by atoms with Crippen molar-refractivity contribution in [1.82, 2.24) is 34.3 Å². The highest BCUT2D eigenvalue weighted by Crippen LogP contribution is 2.22. The average Bonchev–Trinajstić information content (AvgIpc) is 3.30. The monoisotopic (exact) mass is 392 g/mol. The Morgan fingerprint density at radius 3 is 2.50 bits per heavy atom. The molecular weight excluding hydrogens is 373 g/mol. The van der Waals surface area contributed by atoms with E-state index in [1.165, 1.54) is 12.2 Å². The molecule has 28 heavy (non-hydrogen) atoms. The molecule has 0 amide bonds. The maximum Gasteiger partial charge on any atom is 0.408 e. The molecule has 3 aromatic heterocycles. The van der Waals surface area contributed by atoms with Crippen molar-refractivity contribution in [3.05, 3.63) is 29.1 Å². The number of rotatable bonds is 4. The molecule has 0 aliphatic carbocycles. The van der Waals surface area contributed by atoms with E-state index in [0.717, 1.165) is 42.0 Å². The number of nitrogens with zero attached hydrogens (tertiary/aromatic N) is 8. The zero-order valence-corrected chi connectivity index (χ0v) is 15.5. The van der Waals surface area contributed by atoms with Crippen LogP contribution in [-0.2, 0) is 6.54 Å². The van der Waals surface area contributed by atoms with Crippen LogP contribution in [-0.4, -0.2) is 53.6 Å². The van der Waals surface area contributed by atoms with Gasteiger partial charge in [0.25, 0.3) is 5.78 Å². The van der Waals surface area contributed by atoms with Crippen molar-refractivity contribution in [2.75, 3.05) is 18.0 Å². The molecule has 11 heteroatoms. The molecule has 8 nitrogen and oxygen atoms in total. The van der Waals surface area contributed by atoms with Crippen molar-refractivity contribution in [1.29, 1.82) is 0 Å². The fourth-order valence-electron chi connectivity index (χ4n) is 3.20. The van der Waals surface area contributed by atoms with Crippen molar-refractivity contribution in [2.24, 2.45) is 0 Å². The van der Waals surface area contributed by atoms with E-state index in [1.54, 1.807) is 4.52 Å². The number of anilines is 1. The second kappa shape index (κ2) is 6.88. The molecule has 0 N–H and O–H groups in total. The smallest absolute Gasteiger partial charge is 0.340 e. The molecule has 0 saturated carbocycles. The van der Waals surface area contributed by atoms with E-state index < -0.39 is 12.7 Å². The quantitative estimate of drug-likeness (QED) is 0.679. The number of hydrogen-bond donors (Lipinski definition) is 0. The van der Waals surface area contributed by atoms with Gasteiger partial charge in [-0.25, -0.2) is 14.2 Å². The maximum absolute atomic E-state index is 12.9. The van der Waals surface area contributed by atoms with Gasteiger partial charge in [0, 0.05) is 24.5 Å². The molecule has 0 spiro atoms. The minimum absolute atomic E-state index is 0.110. The summed E-state index contributed by atoms with van der Waals surface area (Å²) in [4.78, 5) is 14.8. The zero-order valence-electron chi connectivity index (χ0n) is 15.5. The van der Waals surface area contributed by atoms with Crippen molar-refractivity contribution >= 4 is 23.9 Å². The molecule has 0 bridgehead atoms. The van der Waals surface area contributed by atoms with E-state index >= 15 is 0 Å². The number of hydrogen-bond acceptors (Lipinski definition) is 6. The molecule has 0 unspecified atom stereocenters. The van der Waals surface area contributed by atoms with Gasteiger partial charge in [-0.2, -0.15) is 23.1 Å². The Hall–Kier alpha value is -2.98. The second-order valence-corrected chi connectivity index (χ2v) is 6.79. The summed E-state index contributed by atoms with van der Waals surface area (Å²) in [7, 11) is 0. The summed E-state index contributed by atoms with van der Waals surface area (Å²) < 4.78 is 41.2. The van der Waals surface area contributed by atoms with Crippen LogP contribution < -0.4 is 4.90 Å². The Kier molecular flexibility index (Phi) is 4.52. The van der Waals surface area contributed by atoms with E-state index in [2.05, 4.69) is 25.1 Å². The number of fused-ring (bicyclic) bond motifs is 1. The Morgan fingerprint density at radius 2 is 1.79 bits per heavy atom. The number of aromatic nitrogens is 7. The molecule has 0 atom stereocenters. The standard InChI is InChI=1S/C17H19F3N8/c1-11-9-12(2)28-15(21-11)22-13(24-28)5-6-14-23-16(26-7-3-4-8-26)25-27(14)10-17(18,19)20/h5-6,9H,3-4,7-8,10H2,1-2H3/b6-5+. The molecule has 4 heterocycles. The fourth-order valence-corrected chi connectivity index (χ4v) is 3.20. The molecule has 3 aromatic rings. The lowest BCUT2D eigenvalue weighted by Crippen LogP contribution is -2.21. The lowest BCUT2D eigenvalue weighted by molar-refractivity contribution is -0.142. The van der Waals surface area contributed by atoms with Gasteiger partial charge in [-0.1, -0.05) is 0 Å². The highest BCUT2D eigenvalue weighted by molar-refractivity contribution is 5.64. The first kappa shape index (κ1) is 18.4. The van der Waals surface area contributed by atoms with Crippen LogP contribution in [0.2, 0.25) is 0 Å². The van der Waals surface area contributed by atoms with Crippen LogP contribution in [0.25, 0.3) is 17.9 Å². The van der Waals surface area contributed by atoms with E-state index in [1.807, 2.05) is 24.8 Å². The van der Waals surface area contributed by atoms with Gasteiger partial charge in [-0.05, 0) is 44.9 Å². The Morgan fingerprint density at radius 1 is 1.04 bits per heavy atom. The topological polar surface area (TPSA) is 77.0 Å². The van der Waals surface area contributed by atoms with Crippen LogP contribution in [0.4, 0.5) is 19.1 Å². The fraction of sp³-hybridized carbons (Fsp3) is 0.471. The maximum atomic E-state index is 12.9. The van der Waals surface area contributed by atoms with Gasteiger partial charge in [0.2, 0.25) is 5.95 Å². The van der Waals surface area contributed by atoms with Crippen LogP contribution in [0.15, 0.2) is 6.07 Å². The number of aryl methyl sites for hydroxylation is 2. The Balaban J connectivity index is 1.66. The van der Waals surface area contributed by atoms with E-state index in [9.17, 15) is 13.2 Å². The number of halogens is 3. The van der Waals surface area contributed by atoms with Gasteiger partial charge in [-0.15, -0.1) is 10.2 Å². The third-order valence-electron chi connectivity index (χ3n) is 4.42. The third-order valence-corrected chi connectivity index (χ3v) is 4.42. The number of alkyl halides is 3. The molecule has 1 saturated heterocycles. The summed E-state index contributed by atoms with van der Waals surface area (Å²) in [5.41, 5.74) is 1.68. The highest BCUT2D eigenvalue weighted by Gasteiger charge is 2.30. The zero-order chi connectivity index (χ0) is 19.9. The summed E-state index contributed by atoms with van der Waals surface area (Å²) >= 11 is 0. The van der Waals surface area contributed by atoms with Crippen LogP contribution in [0.1, 0.15) is 35.9 Å². The molecule has 0 radical (unpaired) electrons. The summed E-state index contributed by atoms with van der Waals surface area (Å²) in [6.45, 7) is 4.03. The van der Waals surface area contributed by atoms with Crippen LogP contribution in [0.3, 0.4) is 0 Å². The molecule has 4 rings (SSSR count). The van der Waals surface area contributed by atoms with Crippen LogP contribution >= 0.6 is 0 Å². The molecule has 1 aliphatic heterocycles. The van der Waals surface area contributed by atoms with E-state index in [0.29, 0.717) is 17.6 Å². The average molecular weight is 392 g/mol. The van der Waals surface area contributed by atoms with Crippen molar-refractivity contribution in [3.8, 4) is 0 Å². The first-order chi connectivity index (χ1) is 13.3. The largest absolute Gasteiger partial charge is 0.408 e. The first-order valence-electron chi connectivity index (χ1n) is 8.94. The van der Waals surface area contributed by atoms with Gasteiger partial charge in [0.05, 0.1) is 0 Å². The predicted molar refractivity (Wildman–Crippen MR) is 96.7 cm³/mol. The first-order valence-corrected chi connectivity index (χ1v) is 8.94. The Bertz CT molecular complexity index is 1030. The molecule has 1 fully saturated rings. The highest BCUT2D eigenvalue weighted by atomic mass is 19.4. The summed E-state index contributed by atoms with van der Waals surface area (Å²) in [5, 5.41) is 8.38. The van der Waals surface area contributed by atoms with Crippen LogP contribution in [0, 0.1) is 13.8 Å². The summed E-state index contributed by atoms with van der Waals surface area (Å²) in [6.07, 6.45) is 0.549. The minimum atomic E-state index is -4.39. The van der Waals surface area contributed by atoms with Crippen molar-refractivity contribution in [3.63, 3.8) is 0 Å². The van der Waals surface area contributed by atoms with Crippen molar-refractivity contribution in [2.45, 2.75) is 39.4 Å².